The minimum absolute atomic E-state index is 0.103. The van der Waals surface area contributed by atoms with E-state index in [1.165, 1.54) is 37.6 Å². The summed E-state index contributed by atoms with van der Waals surface area (Å²) < 4.78 is 23.7. The number of carbonyl (C=O) groups excluding carboxylic acids is 1. The second-order valence-electron chi connectivity index (χ2n) is 3.78. The molecule has 0 atom stereocenters. The van der Waals surface area contributed by atoms with Crippen LogP contribution < -0.4 is 10.5 Å². The van der Waals surface area contributed by atoms with Crippen molar-refractivity contribution >= 4 is 27.6 Å². The van der Waals surface area contributed by atoms with Gasteiger partial charge in [-0.1, -0.05) is 0 Å². The Labute approximate surface area is 122 Å². The molecule has 0 amide bonds. The van der Waals surface area contributed by atoms with Gasteiger partial charge in [0, 0.05) is 12.1 Å². The third-order valence-electron chi connectivity index (χ3n) is 2.42. The van der Waals surface area contributed by atoms with Crippen molar-refractivity contribution in [2.75, 3.05) is 12.8 Å². The number of nitrogen functional groups attached to an aromatic ring is 1. The molecule has 2 rings (SSSR count). The monoisotopic (exact) mass is 340 g/mol. The molecule has 0 aliphatic carbocycles. The summed E-state index contributed by atoms with van der Waals surface area (Å²) in [6.07, 6.45) is 1.27. The average molecular weight is 341 g/mol. The molecule has 0 saturated heterocycles. The zero-order valence-electron chi connectivity index (χ0n) is 10.4. The smallest absolute Gasteiger partial charge is 0.340 e. The first kappa shape index (κ1) is 14.3. The largest absolute Gasteiger partial charge is 0.465 e. The van der Waals surface area contributed by atoms with Crippen LogP contribution in [-0.4, -0.2) is 18.1 Å². The lowest BCUT2D eigenvalue weighted by Crippen LogP contribution is -2.06. The molecule has 0 fully saturated rings. The van der Waals surface area contributed by atoms with Crippen LogP contribution in [0.2, 0.25) is 0 Å². The summed E-state index contributed by atoms with van der Waals surface area (Å²) in [6.45, 7) is 0. The first-order valence-electron chi connectivity index (χ1n) is 5.48. The van der Waals surface area contributed by atoms with Gasteiger partial charge in [-0.05, 0) is 28.1 Å². The number of ether oxygens (including phenoxy) is 2. The minimum atomic E-state index is -0.604. The van der Waals surface area contributed by atoms with Crippen molar-refractivity contribution in [3.63, 3.8) is 0 Å². The normalized spacial score (nSPS) is 10.2. The molecule has 0 saturated carbocycles. The van der Waals surface area contributed by atoms with E-state index >= 15 is 0 Å². The highest BCUT2D eigenvalue weighted by Gasteiger charge is 2.13. The summed E-state index contributed by atoms with van der Waals surface area (Å²) in [6, 6.07) is 5.31. The maximum absolute atomic E-state index is 13.2. The lowest BCUT2D eigenvalue weighted by molar-refractivity contribution is 0.0601. The summed E-state index contributed by atoms with van der Waals surface area (Å²) >= 11 is 3.23. The molecule has 0 aliphatic heterocycles. The van der Waals surface area contributed by atoms with Crippen LogP contribution in [0.5, 0.6) is 11.6 Å². The van der Waals surface area contributed by atoms with Gasteiger partial charge in [0.25, 0.3) is 0 Å². The third kappa shape index (κ3) is 3.05. The number of esters is 1. The standard InChI is InChI=1S/C13H10BrFN2O3/c1-19-13(18)8-5-12(17-6-10(8)16)20-11-4-7(15)2-3-9(11)14/h2-6H,16H2,1H3. The van der Waals surface area contributed by atoms with Crippen LogP contribution in [0.25, 0.3) is 0 Å². The van der Waals surface area contributed by atoms with Crippen molar-refractivity contribution in [2.45, 2.75) is 0 Å². The quantitative estimate of drug-likeness (QED) is 0.868. The summed E-state index contributed by atoms with van der Waals surface area (Å²) in [7, 11) is 1.24. The van der Waals surface area contributed by atoms with Gasteiger partial charge in [0.05, 0.1) is 29.0 Å². The highest BCUT2D eigenvalue weighted by Crippen LogP contribution is 2.30. The fraction of sp³-hybridized carbons (Fsp3) is 0.0769. The summed E-state index contributed by atoms with van der Waals surface area (Å²) in [5.74, 6) is -0.719. The molecule has 0 unspecified atom stereocenters. The van der Waals surface area contributed by atoms with Crippen LogP contribution in [0.1, 0.15) is 10.4 Å². The molecule has 5 nitrogen and oxygen atoms in total. The van der Waals surface area contributed by atoms with Crippen LogP contribution in [0.3, 0.4) is 0 Å². The van der Waals surface area contributed by atoms with Crippen molar-refractivity contribution in [1.29, 1.82) is 0 Å². The predicted molar refractivity (Wildman–Crippen MR) is 74.2 cm³/mol. The van der Waals surface area contributed by atoms with E-state index in [2.05, 4.69) is 25.7 Å². The van der Waals surface area contributed by atoms with Gasteiger partial charge in [0.2, 0.25) is 5.88 Å². The zero-order valence-corrected chi connectivity index (χ0v) is 12.0. The highest BCUT2D eigenvalue weighted by molar-refractivity contribution is 9.10. The van der Waals surface area contributed by atoms with Gasteiger partial charge in [-0.2, -0.15) is 0 Å². The number of pyridine rings is 1. The van der Waals surface area contributed by atoms with Crippen molar-refractivity contribution in [3.8, 4) is 11.6 Å². The van der Waals surface area contributed by atoms with Gasteiger partial charge in [-0.3, -0.25) is 0 Å². The number of rotatable bonds is 3. The second-order valence-corrected chi connectivity index (χ2v) is 4.63. The third-order valence-corrected chi connectivity index (χ3v) is 3.08. The van der Waals surface area contributed by atoms with Crippen molar-refractivity contribution in [1.82, 2.24) is 4.98 Å². The number of methoxy groups -OCH3 is 1. The van der Waals surface area contributed by atoms with E-state index in [1.54, 1.807) is 0 Å². The molecular formula is C13H10BrFN2O3. The molecule has 20 heavy (non-hydrogen) atoms. The van der Waals surface area contributed by atoms with Crippen LogP contribution in [0.15, 0.2) is 34.9 Å². The van der Waals surface area contributed by atoms with E-state index in [-0.39, 0.29) is 22.9 Å². The second kappa shape index (κ2) is 5.87. The summed E-state index contributed by atoms with van der Waals surface area (Å²) in [4.78, 5) is 15.4. The molecule has 104 valence electrons. The topological polar surface area (TPSA) is 74.4 Å². The molecule has 0 bridgehead atoms. The Hall–Kier alpha value is -2.15. The fourth-order valence-corrected chi connectivity index (χ4v) is 1.78. The number of hydrogen-bond donors (Lipinski definition) is 1. The van der Waals surface area contributed by atoms with Gasteiger partial charge in [-0.15, -0.1) is 0 Å². The van der Waals surface area contributed by atoms with Crippen molar-refractivity contribution in [2.24, 2.45) is 0 Å². The Morgan fingerprint density at radius 2 is 2.15 bits per heavy atom. The van der Waals surface area contributed by atoms with Crippen molar-refractivity contribution in [3.05, 3.63) is 46.3 Å². The lowest BCUT2D eigenvalue weighted by Gasteiger charge is -2.09. The predicted octanol–water partition coefficient (Wildman–Crippen LogP) is 3.14. The number of nitrogens with two attached hydrogens (primary N) is 1. The Kier molecular flexibility index (Phi) is 4.19. The van der Waals surface area contributed by atoms with Crippen LogP contribution in [0.4, 0.5) is 10.1 Å². The maximum Gasteiger partial charge on any atom is 0.340 e. The molecule has 1 aromatic carbocycles. The van der Waals surface area contributed by atoms with E-state index in [1.807, 2.05) is 0 Å². The Bertz CT molecular complexity index is 664. The van der Waals surface area contributed by atoms with Gasteiger partial charge in [0.1, 0.15) is 11.6 Å². The molecule has 7 heteroatoms. The van der Waals surface area contributed by atoms with E-state index < -0.39 is 11.8 Å². The van der Waals surface area contributed by atoms with E-state index in [4.69, 9.17) is 10.5 Å². The molecule has 0 radical (unpaired) electrons. The fourth-order valence-electron chi connectivity index (χ4n) is 1.46. The van der Waals surface area contributed by atoms with Gasteiger partial charge in [-0.25, -0.2) is 14.2 Å². The number of nitrogens with zero attached hydrogens (tertiary/aromatic N) is 1. The average Bonchev–Trinajstić information content (AvgIpc) is 2.44. The minimum Gasteiger partial charge on any atom is -0.465 e. The molecule has 0 spiro atoms. The number of hydrogen-bond acceptors (Lipinski definition) is 5. The number of halogens is 2. The molecular weight excluding hydrogens is 331 g/mol. The number of anilines is 1. The maximum atomic E-state index is 13.2. The Morgan fingerprint density at radius 1 is 1.40 bits per heavy atom. The molecule has 1 heterocycles. The molecule has 2 N–H and O–H groups in total. The summed E-state index contributed by atoms with van der Waals surface area (Å²) in [5, 5.41) is 0. The van der Waals surface area contributed by atoms with Crippen LogP contribution >= 0.6 is 15.9 Å². The van der Waals surface area contributed by atoms with Gasteiger partial charge in [0.15, 0.2) is 0 Å². The van der Waals surface area contributed by atoms with Gasteiger partial charge >= 0.3 is 5.97 Å². The number of benzene rings is 1. The number of carbonyl (C=O) groups is 1. The molecule has 2 aromatic rings. The number of aromatic nitrogens is 1. The van der Waals surface area contributed by atoms with Gasteiger partial charge < -0.3 is 15.2 Å². The summed E-state index contributed by atoms with van der Waals surface area (Å²) in [5.41, 5.74) is 5.92. The van der Waals surface area contributed by atoms with Crippen molar-refractivity contribution < 1.29 is 18.7 Å². The lowest BCUT2D eigenvalue weighted by atomic mass is 10.2. The van der Waals surface area contributed by atoms with Crippen LogP contribution in [0, 0.1) is 5.82 Å². The first-order valence-corrected chi connectivity index (χ1v) is 6.27. The van der Waals surface area contributed by atoms with Crippen LogP contribution in [-0.2, 0) is 4.74 Å². The first-order chi connectivity index (χ1) is 9.51. The Morgan fingerprint density at radius 3 is 2.85 bits per heavy atom. The SMILES string of the molecule is COC(=O)c1cc(Oc2cc(F)ccc2Br)ncc1N. The van der Waals surface area contributed by atoms with E-state index in [0.29, 0.717) is 4.47 Å². The molecule has 0 aliphatic rings. The zero-order chi connectivity index (χ0) is 14.7. The van der Waals surface area contributed by atoms with E-state index in [0.717, 1.165) is 0 Å². The van der Waals surface area contributed by atoms with E-state index in [9.17, 15) is 9.18 Å². The highest BCUT2D eigenvalue weighted by atomic mass is 79.9. The molecule has 1 aromatic heterocycles. The Balaban J connectivity index is 2.34.